The minimum atomic E-state index is -0.554. The molecule has 0 aromatic carbocycles. The fourth-order valence-electron chi connectivity index (χ4n) is 2.98. The van der Waals surface area contributed by atoms with Crippen LogP contribution in [0.2, 0.25) is 0 Å². The van der Waals surface area contributed by atoms with Crippen molar-refractivity contribution in [3.63, 3.8) is 0 Å². The van der Waals surface area contributed by atoms with Crippen molar-refractivity contribution in [3.8, 4) is 0 Å². The van der Waals surface area contributed by atoms with Crippen molar-refractivity contribution in [2.24, 2.45) is 5.41 Å². The number of ether oxygens (including phenoxy) is 1. The molecule has 1 saturated heterocycles. The van der Waals surface area contributed by atoms with Crippen molar-refractivity contribution < 1.29 is 9.53 Å². The Bertz CT molecular complexity index is 331. The fourth-order valence-corrected chi connectivity index (χ4v) is 2.98. The minimum Gasteiger partial charge on any atom is -0.465 e. The lowest BCUT2D eigenvalue weighted by atomic mass is 9.85. The summed E-state index contributed by atoms with van der Waals surface area (Å²) in [6.45, 7) is 12.4. The van der Waals surface area contributed by atoms with E-state index in [1.165, 1.54) is 32.4 Å². The highest BCUT2D eigenvalue weighted by Crippen LogP contribution is 2.29. The summed E-state index contributed by atoms with van der Waals surface area (Å²) in [6, 6.07) is 0. The Labute approximate surface area is 130 Å². The first-order chi connectivity index (χ1) is 9.83. The number of rotatable bonds is 7. The molecule has 4 heteroatoms. The van der Waals surface area contributed by atoms with Crippen molar-refractivity contribution in [2.75, 3.05) is 33.3 Å². The molecular weight excluding hydrogens is 264 g/mol. The third-order valence-corrected chi connectivity index (χ3v) is 4.86. The molecule has 1 rings (SSSR count). The molecule has 4 nitrogen and oxygen atoms in total. The Morgan fingerprint density at radius 3 is 2.67 bits per heavy atom. The Kier molecular flexibility index (Phi) is 7.14. The zero-order valence-electron chi connectivity index (χ0n) is 14.6. The van der Waals surface area contributed by atoms with Crippen LogP contribution < -0.4 is 5.32 Å². The predicted molar refractivity (Wildman–Crippen MR) is 87.4 cm³/mol. The Hall–Kier alpha value is -0.610. The average Bonchev–Trinajstić information content (AvgIpc) is 2.60. The number of likely N-dealkylation sites (N-methyl/N-ethyl adjacent to an activating group) is 1. The molecule has 0 spiro atoms. The van der Waals surface area contributed by atoms with Crippen LogP contribution in [0.5, 0.6) is 0 Å². The second kappa shape index (κ2) is 8.14. The van der Waals surface area contributed by atoms with Crippen LogP contribution in [0.15, 0.2) is 0 Å². The molecule has 0 aromatic rings. The number of hydrogen-bond donors (Lipinski definition) is 1. The van der Waals surface area contributed by atoms with Crippen LogP contribution in [0.1, 0.15) is 59.8 Å². The van der Waals surface area contributed by atoms with Gasteiger partial charge >= 0.3 is 5.97 Å². The maximum absolute atomic E-state index is 12.0. The molecule has 1 unspecified atom stereocenters. The maximum Gasteiger partial charge on any atom is 0.326 e. The van der Waals surface area contributed by atoms with E-state index in [0.29, 0.717) is 12.0 Å². The quantitative estimate of drug-likeness (QED) is 0.734. The van der Waals surface area contributed by atoms with Crippen LogP contribution >= 0.6 is 0 Å². The number of esters is 1. The molecular formula is C17H34N2O2. The van der Waals surface area contributed by atoms with Crippen molar-refractivity contribution in [1.82, 2.24) is 10.2 Å². The van der Waals surface area contributed by atoms with Gasteiger partial charge in [0.05, 0.1) is 6.61 Å². The van der Waals surface area contributed by atoms with Crippen molar-refractivity contribution >= 4 is 5.97 Å². The molecule has 0 aromatic heterocycles. The normalized spacial score (nSPS) is 22.3. The van der Waals surface area contributed by atoms with Crippen molar-refractivity contribution in [2.45, 2.75) is 65.3 Å². The van der Waals surface area contributed by atoms with E-state index < -0.39 is 5.54 Å². The largest absolute Gasteiger partial charge is 0.465 e. The molecule has 1 fully saturated rings. The first-order valence-corrected chi connectivity index (χ1v) is 8.41. The highest BCUT2D eigenvalue weighted by Gasteiger charge is 2.32. The monoisotopic (exact) mass is 298 g/mol. The molecule has 1 aliphatic rings. The molecule has 0 radical (unpaired) electrons. The predicted octanol–water partition coefficient (Wildman–Crippen LogP) is 2.82. The Balaban J connectivity index is 2.39. The molecule has 0 aliphatic carbocycles. The van der Waals surface area contributed by atoms with Gasteiger partial charge in [-0.15, -0.1) is 0 Å². The van der Waals surface area contributed by atoms with Crippen LogP contribution in [0.4, 0.5) is 0 Å². The van der Waals surface area contributed by atoms with Gasteiger partial charge in [-0.25, -0.2) is 0 Å². The van der Waals surface area contributed by atoms with Crippen LogP contribution in [-0.4, -0.2) is 49.7 Å². The molecule has 0 amide bonds. The summed E-state index contributed by atoms with van der Waals surface area (Å²) >= 11 is 0. The van der Waals surface area contributed by atoms with Crippen LogP contribution in [0.3, 0.4) is 0 Å². The van der Waals surface area contributed by atoms with E-state index in [0.717, 1.165) is 19.4 Å². The summed E-state index contributed by atoms with van der Waals surface area (Å²) in [6.07, 6.45) is 5.72. The number of hydrogen-bond acceptors (Lipinski definition) is 4. The highest BCUT2D eigenvalue weighted by atomic mass is 16.5. The standard InChI is InChI=1S/C17H34N2O2/c1-6-21-15(20)17(4,18-5)10-8-13-19-12-7-9-16(2,3)11-14-19/h18H,6-14H2,1-5H3. The van der Waals surface area contributed by atoms with E-state index in [9.17, 15) is 4.79 Å². The first kappa shape index (κ1) is 18.4. The van der Waals surface area contributed by atoms with Gasteiger partial charge in [-0.05, 0) is 78.0 Å². The Morgan fingerprint density at radius 2 is 2.05 bits per heavy atom. The number of likely N-dealkylation sites (tertiary alicyclic amines) is 1. The number of nitrogens with one attached hydrogen (secondary N) is 1. The van der Waals surface area contributed by atoms with Gasteiger partial charge in [0.2, 0.25) is 0 Å². The number of carbonyl (C=O) groups excluding carboxylic acids is 1. The summed E-state index contributed by atoms with van der Waals surface area (Å²) in [4.78, 5) is 14.6. The van der Waals surface area contributed by atoms with Gasteiger partial charge in [0, 0.05) is 0 Å². The maximum atomic E-state index is 12.0. The zero-order chi connectivity index (χ0) is 15.9. The summed E-state index contributed by atoms with van der Waals surface area (Å²) in [7, 11) is 1.84. The Morgan fingerprint density at radius 1 is 1.33 bits per heavy atom. The van der Waals surface area contributed by atoms with Gasteiger partial charge in [-0.3, -0.25) is 4.79 Å². The lowest BCUT2D eigenvalue weighted by Crippen LogP contribution is -2.49. The minimum absolute atomic E-state index is 0.135. The molecule has 0 saturated carbocycles. The molecule has 124 valence electrons. The first-order valence-electron chi connectivity index (χ1n) is 8.41. The number of nitrogens with zero attached hydrogens (tertiary/aromatic N) is 1. The van der Waals surface area contributed by atoms with Crippen LogP contribution in [0, 0.1) is 5.41 Å². The molecule has 21 heavy (non-hydrogen) atoms. The van der Waals surface area contributed by atoms with Crippen LogP contribution in [0.25, 0.3) is 0 Å². The van der Waals surface area contributed by atoms with Crippen molar-refractivity contribution in [1.29, 1.82) is 0 Å². The second-order valence-electron chi connectivity index (χ2n) is 7.27. The van der Waals surface area contributed by atoms with Gasteiger partial charge in [-0.2, -0.15) is 0 Å². The van der Waals surface area contributed by atoms with E-state index in [2.05, 4.69) is 24.1 Å². The molecule has 1 heterocycles. The smallest absolute Gasteiger partial charge is 0.326 e. The van der Waals surface area contributed by atoms with Crippen molar-refractivity contribution in [3.05, 3.63) is 0 Å². The molecule has 0 bridgehead atoms. The summed E-state index contributed by atoms with van der Waals surface area (Å²) in [5.74, 6) is -0.135. The molecule has 1 N–H and O–H groups in total. The van der Waals surface area contributed by atoms with E-state index in [-0.39, 0.29) is 5.97 Å². The van der Waals surface area contributed by atoms with E-state index in [1.807, 2.05) is 20.9 Å². The van der Waals surface area contributed by atoms with E-state index in [1.54, 1.807) is 0 Å². The van der Waals surface area contributed by atoms with E-state index >= 15 is 0 Å². The summed E-state index contributed by atoms with van der Waals surface area (Å²) in [5, 5.41) is 3.13. The molecule has 1 aliphatic heterocycles. The molecule has 1 atom stereocenters. The SMILES string of the molecule is CCOC(=O)C(C)(CCCN1CCCC(C)(C)CC1)NC. The topological polar surface area (TPSA) is 41.6 Å². The number of carbonyl (C=O) groups is 1. The van der Waals surface area contributed by atoms with Crippen LogP contribution in [-0.2, 0) is 9.53 Å². The summed E-state index contributed by atoms with van der Waals surface area (Å²) < 4.78 is 5.17. The third-order valence-electron chi connectivity index (χ3n) is 4.86. The highest BCUT2D eigenvalue weighted by molar-refractivity contribution is 5.80. The fraction of sp³-hybridized carbons (Fsp3) is 0.941. The van der Waals surface area contributed by atoms with Gasteiger partial charge in [0.1, 0.15) is 5.54 Å². The second-order valence-corrected chi connectivity index (χ2v) is 7.27. The lowest BCUT2D eigenvalue weighted by Gasteiger charge is -2.28. The van der Waals surface area contributed by atoms with Gasteiger partial charge in [-0.1, -0.05) is 13.8 Å². The lowest BCUT2D eigenvalue weighted by molar-refractivity contribution is -0.150. The zero-order valence-corrected chi connectivity index (χ0v) is 14.6. The summed E-state index contributed by atoms with van der Waals surface area (Å²) in [5.41, 5.74) is -0.0691. The van der Waals surface area contributed by atoms with Gasteiger partial charge < -0.3 is 15.0 Å². The van der Waals surface area contributed by atoms with E-state index in [4.69, 9.17) is 4.74 Å². The third kappa shape index (κ3) is 5.95. The van der Waals surface area contributed by atoms with Gasteiger partial charge in [0.25, 0.3) is 0 Å². The average molecular weight is 298 g/mol. The van der Waals surface area contributed by atoms with Gasteiger partial charge in [0.15, 0.2) is 0 Å².